The molecule has 0 bridgehead atoms. The average Bonchev–Trinajstić information content (AvgIpc) is 2.21. The quantitative estimate of drug-likeness (QED) is 0.758. The molecule has 1 N–H and O–H groups in total. The number of piperidine rings is 1. The molecule has 1 saturated heterocycles. The van der Waals surface area contributed by atoms with Crippen LogP contribution < -0.4 is 0 Å². The lowest BCUT2D eigenvalue weighted by atomic mass is 9.91. The number of nitrogens with zero attached hydrogens (tertiary/aromatic N) is 1. The van der Waals surface area contributed by atoms with Crippen LogP contribution in [0.2, 0.25) is 0 Å². The lowest BCUT2D eigenvalue weighted by molar-refractivity contribution is 0.0200. The van der Waals surface area contributed by atoms with Gasteiger partial charge in [0.05, 0.1) is 6.10 Å². The molecule has 1 aliphatic heterocycles. The number of hydrogen-bond acceptors (Lipinski definition) is 2. The maximum Gasteiger partial charge on any atom is 0.0592 e. The third-order valence-corrected chi connectivity index (χ3v) is 3.65. The van der Waals surface area contributed by atoms with Gasteiger partial charge in [-0.3, -0.25) is 0 Å². The molecule has 1 fully saturated rings. The molecule has 1 rings (SSSR count). The van der Waals surface area contributed by atoms with Gasteiger partial charge in [-0.2, -0.15) is 0 Å². The minimum atomic E-state index is -0.0484. The maximum atomic E-state index is 9.80. The van der Waals surface area contributed by atoms with E-state index in [0.717, 1.165) is 31.8 Å². The van der Waals surface area contributed by atoms with E-state index in [-0.39, 0.29) is 6.10 Å². The normalized spacial score (nSPS) is 30.4. The molecule has 0 aliphatic carbocycles. The predicted octanol–water partition coefficient (Wildman–Crippen LogP) is 2.52. The first-order valence-corrected chi connectivity index (χ1v) is 6.57. The van der Waals surface area contributed by atoms with Crippen molar-refractivity contribution in [2.24, 2.45) is 11.8 Å². The Morgan fingerprint density at radius 2 is 2.13 bits per heavy atom. The van der Waals surface area contributed by atoms with Crippen LogP contribution in [0.1, 0.15) is 46.5 Å². The van der Waals surface area contributed by atoms with Crippen LogP contribution in [0.3, 0.4) is 0 Å². The highest BCUT2D eigenvalue weighted by Crippen LogP contribution is 2.21. The highest BCUT2D eigenvalue weighted by Gasteiger charge is 2.26. The Morgan fingerprint density at radius 1 is 1.40 bits per heavy atom. The Bertz CT molecular complexity index is 172. The van der Waals surface area contributed by atoms with Gasteiger partial charge in [-0.25, -0.2) is 0 Å². The largest absolute Gasteiger partial charge is 0.393 e. The molecule has 1 heterocycles. The van der Waals surface area contributed by atoms with Crippen molar-refractivity contribution in [1.29, 1.82) is 0 Å². The molecule has 0 spiro atoms. The molecule has 3 atom stereocenters. The van der Waals surface area contributed by atoms with Gasteiger partial charge in [-0.05, 0) is 31.1 Å². The van der Waals surface area contributed by atoms with Crippen molar-refractivity contribution in [3.63, 3.8) is 0 Å². The fraction of sp³-hybridized carbons (Fsp3) is 1.00. The third kappa shape index (κ3) is 4.12. The second-order valence-corrected chi connectivity index (χ2v) is 5.18. The summed E-state index contributed by atoms with van der Waals surface area (Å²) in [7, 11) is 0. The van der Waals surface area contributed by atoms with Gasteiger partial charge < -0.3 is 10.0 Å². The Hall–Kier alpha value is -0.0800. The van der Waals surface area contributed by atoms with Crippen molar-refractivity contribution in [2.45, 2.75) is 52.6 Å². The lowest BCUT2D eigenvalue weighted by Crippen LogP contribution is -2.44. The van der Waals surface area contributed by atoms with Crippen LogP contribution in [0.4, 0.5) is 0 Å². The summed E-state index contributed by atoms with van der Waals surface area (Å²) in [5.41, 5.74) is 0. The second kappa shape index (κ2) is 6.49. The summed E-state index contributed by atoms with van der Waals surface area (Å²) in [6.45, 7) is 10.2. The molecule has 2 nitrogen and oxygen atoms in total. The van der Waals surface area contributed by atoms with Crippen molar-refractivity contribution in [3.8, 4) is 0 Å². The molecule has 0 radical (unpaired) electrons. The van der Waals surface area contributed by atoms with Gasteiger partial charge >= 0.3 is 0 Å². The van der Waals surface area contributed by atoms with Crippen LogP contribution in [0, 0.1) is 11.8 Å². The smallest absolute Gasteiger partial charge is 0.0592 e. The summed E-state index contributed by atoms with van der Waals surface area (Å²) in [5, 5.41) is 9.80. The molecule has 3 unspecified atom stereocenters. The maximum absolute atomic E-state index is 9.80. The van der Waals surface area contributed by atoms with Gasteiger partial charge in [0.1, 0.15) is 0 Å². The zero-order valence-corrected chi connectivity index (χ0v) is 10.6. The Balaban J connectivity index is 2.31. The standard InChI is InChI=1S/C13H27NO/c1-4-6-11(3)9-14-8-7-13(15)12(5-2)10-14/h11-13,15H,4-10H2,1-3H3. The van der Waals surface area contributed by atoms with Gasteiger partial charge in [-0.15, -0.1) is 0 Å². The summed E-state index contributed by atoms with van der Waals surface area (Å²) >= 11 is 0. The Morgan fingerprint density at radius 3 is 2.73 bits per heavy atom. The van der Waals surface area contributed by atoms with Crippen LogP contribution in [0.25, 0.3) is 0 Å². The fourth-order valence-electron chi connectivity index (χ4n) is 2.69. The number of rotatable bonds is 5. The van der Waals surface area contributed by atoms with Crippen molar-refractivity contribution < 1.29 is 5.11 Å². The molecule has 0 aromatic rings. The van der Waals surface area contributed by atoms with E-state index in [4.69, 9.17) is 0 Å². The minimum absolute atomic E-state index is 0.0484. The number of likely N-dealkylation sites (tertiary alicyclic amines) is 1. The van der Waals surface area contributed by atoms with Crippen LogP contribution in [-0.4, -0.2) is 35.7 Å². The summed E-state index contributed by atoms with van der Waals surface area (Å²) in [6, 6.07) is 0. The van der Waals surface area contributed by atoms with Crippen molar-refractivity contribution in [2.75, 3.05) is 19.6 Å². The monoisotopic (exact) mass is 213 g/mol. The number of aliphatic hydroxyl groups excluding tert-OH is 1. The first-order chi connectivity index (χ1) is 7.17. The van der Waals surface area contributed by atoms with Gasteiger partial charge in [0.15, 0.2) is 0 Å². The van der Waals surface area contributed by atoms with Crippen molar-refractivity contribution >= 4 is 0 Å². The van der Waals surface area contributed by atoms with Crippen molar-refractivity contribution in [3.05, 3.63) is 0 Å². The second-order valence-electron chi connectivity index (χ2n) is 5.18. The predicted molar refractivity (Wildman–Crippen MR) is 64.9 cm³/mol. The van der Waals surface area contributed by atoms with E-state index in [1.807, 2.05) is 0 Å². The number of hydrogen-bond donors (Lipinski definition) is 1. The lowest BCUT2D eigenvalue weighted by Gasteiger charge is -2.37. The summed E-state index contributed by atoms with van der Waals surface area (Å²) in [5.74, 6) is 1.32. The molecular formula is C13H27NO. The van der Waals surface area contributed by atoms with E-state index in [0.29, 0.717) is 5.92 Å². The molecule has 0 amide bonds. The SMILES string of the molecule is CCCC(C)CN1CCC(O)C(CC)C1. The van der Waals surface area contributed by atoms with E-state index in [9.17, 15) is 5.11 Å². The van der Waals surface area contributed by atoms with Crippen LogP contribution in [0.15, 0.2) is 0 Å². The first kappa shape index (κ1) is 13.0. The van der Waals surface area contributed by atoms with Crippen molar-refractivity contribution in [1.82, 2.24) is 4.90 Å². The van der Waals surface area contributed by atoms with Gasteiger partial charge in [-0.1, -0.05) is 27.2 Å². The van der Waals surface area contributed by atoms with E-state index in [1.165, 1.54) is 19.4 Å². The van der Waals surface area contributed by atoms with Crippen LogP contribution in [0.5, 0.6) is 0 Å². The molecule has 1 aliphatic rings. The molecule has 0 aromatic heterocycles. The van der Waals surface area contributed by atoms with Gasteiger partial charge in [0.25, 0.3) is 0 Å². The topological polar surface area (TPSA) is 23.5 Å². The molecule has 2 heteroatoms. The minimum Gasteiger partial charge on any atom is -0.393 e. The molecule has 0 saturated carbocycles. The van der Waals surface area contributed by atoms with E-state index in [1.54, 1.807) is 0 Å². The third-order valence-electron chi connectivity index (χ3n) is 3.65. The number of aliphatic hydroxyl groups is 1. The summed E-state index contributed by atoms with van der Waals surface area (Å²) in [4.78, 5) is 2.54. The highest BCUT2D eigenvalue weighted by molar-refractivity contribution is 4.79. The Labute approximate surface area is 94.7 Å². The zero-order chi connectivity index (χ0) is 11.3. The molecular weight excluding hydrogens is 186 g/mol. The van der Waals surface area contributed by atoms with Crippen LogP contribution in [-0.2, 0) is 0 Å². The van der Waals surface area contributed by atoms with Gasteiger partial charge in [0.2, 0.25) is 0 Å². The van der Waals surface area contributed by atoms with Gasteiger partial charge in [0, 0.05) is 19.6 Å². The van der Waals surface area contributed by atoms with Crippen LogP contribution >= 0.6 is 0 Å². The van der Waals surface area contributed by atoms with E-state index in [2.05, 4.69) is 25.7 Å². The molecule has 0 aromatic carbocycles. The average molecular weight is 213 g/mol. The summed E-state index contributed by atoms with van der Waals surface area (Å²) in [6.07, 6.45) is 4.65. The highest BCUT2D eigenvalue weighted by atomic mass is 16.3. The van der Waals surface area contributed by atoms with E-state index < -0.39 is 0 Å². The molecule has 15 heavy (non-hydrogen) atoms. The van der Waals surface area contributed by atoms with E-state index >= 15 is 0 Å². The first-order valence-electron chi connectivity index (χ1n) is 6.57. The zero-order valence-electron chi connectivity index (χ0n) is 10.6. The molecule has 90 valence electrons. The summed E-state index contributed by atoms with van der Waals surface area (Å²) < 4.78 is 0. The Kier molecular flexibility index (Phi) is 5.62. The fourth-order valence-corrected chi connectivity index (χ4v) is 2.69.